The van der Waals surface area contributed by atoms with E-state index in [4.69, 9.17) is 0 Å². The van der Waals surface area contributed by atoms with E-state index < -0.39 is 0 Å². The van der Waals surface area contributed by atoms with Gasteiger partial charge in [-0.1, -0.05) is 0 Å². The maximum absolute atomic E-state index is 11.6. The lowest BCUT2D eigenvalue weighted by Gasteiger charge is -2.21. The molecule has 0 fully saturated rings. The van der Waals surface area contributed by atoms with Crippen LogP contribution in [0.4, 0.5) is 0 Å². The van der Waals surface area contributed by atoms with Gasteiger partial charge >= 0.3 is 0 Å². The Balaban J connectivity index is 2.28. The predicted octanol–water partition coefficient (Wildman–Crippen LogP) is 0.376. The highest BCUT2D eigenvalue weighted by Crippen LogP contribution is 1.96. The van der Waals surface area contributed by atoms with E-state index >= 15 is 0 Å². The van der Waals surface area contributed by atoms with Gasteiger partial charge in [0.1, 0.15) is 0 Å². The summed E-state index contributed by atoms with van der Waals surface area (Å²) in [6, 6.07) is 0.243. The monoisotopic (exact) mass is 224 g/mol. The lowest BCUT2D eigenvalue weighted by Crippen LogP contribution is -2.39. The minimum Gasteiger partial charge on any atom is -0.342 e. The average molecular weight is 224 g/mol. The molecule has 0 bridgehead atoms. The molecule has 0 saturated carbocycles. The number of hydrogen-bond donors (Lipinski definition) is 1. The Morgan fingerprint density at radius 3 is 2.81 bits per heavy atom. The Labute approximate surface area is 96.4 Å². The average Bonchev–Trinajstić information content (AvgIpc) is 2.62. The topological polar surface area (TPSA) is 50.2 Å². The third-order valence-electron chi connectivity index (χ3n) is 2.53. The summed E-state index contributed by atoms with van der Waals surface area (Å²) >= 11 is 0. The second kappa shape index (κ2) is 5.65. The summed E-state index contributed by atoms with van der Waals surface area (Å²) in [5.41, 5.74) is 1.09. The van der Waals surface area contributed by atoms with Gasteiger partial charge in [-0.3, -0.25) is 9.48 Å². The molecule has 5 heteroatoms. The molecule has 1 heterocycles. The summed E-state index contributed by atoms with van der Waals surface area (Å²) in [7, 11) is 3.69. The number of nitrogens with one attached hydrogen (secondary N) is 1. The van der Waals surface area contributed by atoms with E-state index in [2.05, 4.69) is 10.4 Å². The van der Waals surface area contributed by atoms with Crippen LogP contribution in [0.25, 0.3) is 0 Å². The van der Waals surface area contributed by atoms with Crippen molar-refractivity contribution in [3.05, 3.63) is 18.0 Å². The van der Waals surface area contributed by atoms with Crippen molar-refractivity contribution < 1.29 is 4.79 Å². The van der Waals surface area contributed by atoms with Gasteiger partial charge in [-0.15, -0.1) is 0 Å². The fourth-order valence-corrected chi connectivity index (χ4v) is 1.29. The van der Waals surface area contributed by atoms with Gasteiger partial charge < -0.3 is 10.2 Å². The van der Waals surface area contributed by atoms with Gasteiger partial charge in [-0.05, 0) is 13.8 Å². The molecule has 16 heavy (non-hydrogen) atoms. The highest BCUT2D eigenvalue weighted by molar-refractivity contribution is 5.78. The molecule has 0 aliphatic rings. The summed E-state index contributed by atoms with van der Waals surface area (Å²) in [5, 5.41) is 7.17. The normalized spacial score (nSPS) is 10.8. The third-order valence-corrected chi connectivity index (χ3v) is 2.53. The van der Waals surface area contributed by atoms with E-state index in [1.165, 1.54) is 0 Å². The van der Waals surface area contributed by atoms with Gasteiger partial charge in [0, 0.05) is 38.4 Å². The highest BCUT2D eigenvalue weighted by Gasteiger charge is 2.10. The molecule has 1 rings (SSSR count). The van der Waals surface area contributed by atoms with Gasteiger partial charge in [-0.2, -0.15) is 5.10 Å². The van der Waals surface area contributed by atoms with E-state index in [9.17, 15) is 4.79 Å². The minimum atomic E-state index is 0.110. The van der Waals surface area contributed by atoms with E-state index in [-0.39, 0.29) is 11.9 Å². The minimum absolute atomic E-state index is 0.110. The Kier molecular flexibility index (Phi) is 4.49. The van der Waals surface area contributed by atoms with Crippen LogP contribution in [0.1, 0.15) is 19.4 Å². The number of nitrogens with zero attached hydrogens (tertiary/aromatic N) is 3. The smallest absolute Gasteiger partial charge is 0.236 e. The zero-order valence-electron chi connectivity index (χ0n) is 10.4. The molecular weight excluding hydrogens is 204 g/mol. The SMILES string of the molecule is CC(C)N(C)C(=O)CNCc1cnn(C)c1. The van der Waals surface area contributed by atoms with Crippen molar-refractivity contribution in [3.8, 4) is 0 Å². The molecule has 1 aromatic rings. The number of hydrogen-bond acceptors (Lipinski definition) is 3. The van der Waals surface area contributed by atoms with Crippen LogP contribution in [0, 0.1) is 0 Å². The molecule has 0 aromatic carbocycles. The van der Waals surface area contributed by atoms with Crippen molar-refractivity contribution in [1.29, 1.82) is 0 Å². The molecule has 1 N–H and O–H groups in total. The lowest BCUT2D eigenvalue weighted by molar-refractivity contribution is -0.130. The van der Waals surface area contributed by atoms with Crippen molar-refractivity contribution >= 4 is 5.91 Å². The maximum Gasteiger partial charge on any atom is 0.236 e. The molecule has 0 unspecified atom stereocenters. The van der Waals surface area contributed by atoms with Crippen LogP contribution in [0.3, 0.4) is 0 Å². The van der Waals surface area contributed by atoms with Crippen LogP contribution in [0.5, 0.6) is 0 Å². The molecule has 5 nitrogen and oxygen atoms in total. The number of likely N-dealkylation sites (N-methyl/N-ethyl adjacent to an activating group) is 1. The molecular formula is C11H20N4O. The standard InChI is InChI=1S/C11H20N4O/c1-9(2)15(4)11(16)7-12-5-10-6-13-14(3)8-10/h6,8-9,12H,5,7H2,1-4H3. The molecule has 0 aliphatic heterocycles. The van der Waals surface area contributed by atoms with Crippen LogP contribution in [-0.4, -0.2) is 40.2 Å². The predicted molar refractivity (Wildman–Crippen MR) is 62.8 cm³/mol. The van der Waals surface area contributed by atoms with E-state index in [0.717, 1.165) is 5.56 Å². The van der Waals surface area contributed by atoms with E-state index in [0.29, 0.717) is 13.1 Å². The van der Waals surface area contributed by atoms with Crippen LogP contribution >= 0.6 is 0 Å². The summed E-state index contributed by atoms with van der Waals surface area (Å²) in [5.74, 6) is 0.110. The van der Waals surface area contributed by atoms with Gasteiger partial charge in [0.2, 0.25) is 5.91 Å². The van der Waals surface area contributed by atoms with Crippen LogP contribution < -0.4 is 5.32 Å². The number of rotatable bonds is 5. The third kappa shape index (κ3) is 3.66. The first-order chi connectivity index (χ1) is 7.50. The van der Waals surface area contributed by atoms with Gasteiger partial charge in [0.15, 0.2) is 0 Å². The summed E-state index contributed by atoms with van der Waals surface area (Å²) in [6.07, 6.45) is 3.73. The van der Waals surface area contributed by atoms with Crippen molar-refractivity contribution in [2.24, 2.45) is 7.05 Å². The number of amides is 1. The fraction of sp³-hybridized carbons (Fsp3) is 0.636. The second-order valence-electron chi connectivity index (χ2n) is 4.22. The summed E-state index contributed by atoms with van der Waals surface area (Å²) < 4.78 is 1.75. The summed E-state index contributed by atoms with van der Waals surface area (Å²) in [4.78, 5) is 13.4. The van der Waals surface area contributed by atoms with Crippen molar-refractivity contribution in [1.82, 2.24) is 20.0 Å². The zero-order chi connectivity index (χ0) is 12.1. The fourth-order valence-electron chi connectivity index (χ4n) is 1.29. The van der Waals surface area contributed by atoms with Gasteiger partial charge in [0.05, 0.1) is 12.7 Å². The second-order valence-corrected chi connectivity index (χ2v) is 4.22. The summed E-state index contributed by atoms with van der Waals surface area (Å²) in [6.45, 7) is 5.03. The Bertz CT molecular complexity index is 346. The molecule has 0 spiro atoms. The maximum atomic E-state index is 11.6. The zero-order valence-corrected chi connectivity index (χ0v) is 10.4. The molecule has 1 amide bonds. The quantitative estimate of drug-likeness (QED) is 0.786. The van der Waals surface area contributed by atoms with Crippen LogP contribution in [-0.2, 0) is 18.4 Å². The number of aryl methyl sites for hydroxylation is 1. The lowest BCUT2D eigenvalue weighted by atomic mass is 10.3. The first-order valence-electron chi connectivity index (χ1n) is 5.44. The molecule has 0 saturated heterocycles. The number of carbonyl (C=O) groups is 1. The number of aromatic nitrogens is 2. The first-order valence-corrected chi connectivity index (χ1v) is 5.44. The van der Waals surface area contributed by atoms with Crippen LogP contribution in [0.15, 0.2) is 12.4 Å². The van der Waals surface area contributed by atoms with Crippen molar-refractivity contribution in [2.75, 3.05) is 13.6 Å². The van der Waals surface area contributed by atoms with E-state index in [1.54, 1.807) is 15.8 Å². The Hall–Kier alpha value is -1.36. The van der Waals surface area contributed by atoms with E-state index in [1.807, 2.05) is 34.1 Å². The van der Waals surface area contributed by atoms with Crippen LogP contribution in [0.2, 0.25) is 0 Å². The Morgan fingerprint density at radius 2 is 2.31 bits per heavy atom. The highest BCUT2D eigenvalue weighted by atomic mass is 16.2. The molecule has 1 aromatic heterocycles. The molecule has 0 atom stereocenters. The van der Waals surface area contributed by atoms with Crippen molar-refractivity contribution in [3.63, 3.8) is 0 Å². The first kappa shape index (κ1) is 12.7. The Morgan fingerprint density at radius 1 is 1.62 bits per heavy atom. The largest absolute Gasteiger partial charge is 0.342 e. The van der Waals surface area contributed by atoms with Gasteiger partial charge in [0.25, 0.3) is 0 Å². The molecule has 90 valence electrons. The number of carbonyl (C=O) groups excluding carboxylic acids is 1. The molecule has 0 radical (unpaired) electrons. The van der Waals surface area contributed by atoms with Gasteiger partial charge in [-0.25, -0.2) is 0 Å². The van der Waals surface area contributed by atoms with Crippen molar-refractivity contribution in [2.45, 2.75) is 26.4 Å². The molecule has 0 aliphatic carbocycles.